The van der Waals surface area contributed by atoms with Gasteiger partial charge < -0.3 is 5.11 Å². The van der Waals surface area contributed by atoms with Gasteiger partial charge in [0.05, 0.1) is 5.56 Å². The van der Waals surface area contributed by atoms with Crippen LogP contribution in [0.3, 0.4) is 0 Å². The van der Waals surface area contributed by atoms with Gasteiger partial charge in [-0.15, -0.1) is 0 Å². The van der Waals surface area contributed by atoms with E-state index in [1.165, 1.54) is 12.1 Å². The Bertz CT molecular complexity index is 455. The summed E-state index contributed by atoms with van der Waals surface area (Å²) in [5, 5.41) is 8.31. The Kier molecular flexibility index (Phi) is 3.58. The Morgan fingerprint density at radius 1 is 1.53 bits per heavy atom. The van der Waals surface area contributed by atoms with Crippen LogP contribution in [-0.4, -0.2) is 17.4 Å². The maximum atomic E-state index is 13.0. The molecule has 1 N–H and O–H groups in total. The first-order chi connectivity index (χ1) is 7.13. The van der Waals surface area contributed by atoms with E-state index in [4.69, 9.17) is 5.11 Å². The summed E-state index contributed by atoms with van der Waals surface area (Å²) >= 11 is 0. The predicted molar refractivity (Wildman–Crippen MR) is 50.9 cm³/mol. The maximum absolute atomic E-state index is 13.0. The lowest BCUT2D eigenvalue weighted by Gasteiger charge is -1.94. The van der Waals surface area contributed by atoms with E-state index >= 15 is 0 Å². The van der Waals surface area contributed by atoms with Crippen LogP contribution in [-0.2, 0) is 4.79 Å². The van der Waals surface area contributed by atoms with Crippen molar-refractivity contribution in [3.8, 4) is 11.8 Å². The average molecular weight is 206 g/mol. The Balaban J connectivity index is 2.87. The molecule has 1 rings (SSSR count). The molecule has 0 heterocycles. The zero-order chi connectivity index (χ0) is 11.3. The van der Waals surface area contributed by atoms with E-state index in [1.54, 1.807) is 0 Å². The molecule has 0 amide bonds. The normalized spacial score (nSPS) is 8.87. The first-order valence-electron chi connectivity index (χ1n) is 4.09. The van der Waals surface area contributed by atoms with Crippen molar-refractivity contribution < 1.29 is 19.1 Å². The number of benzene rings is 1. The van der Waals surface area contributed by atoms with Gasteiger partial charge in [0.15, 0.2) is 6.29 Å². The van der Waals surface area contributed by atoms with Crippen molar-refractivity contribution in [2.45, 2.75) is 6.42 Å². The van der Waals surface area contributed by atoms with Crippen molar-refractivity contribution in [1.29, 1.82) is 0 Å². The van der Waals surface area contributed by atoms with Crippen LogP contribution in [0.1, 0.15) is 22.3 Å². The molecule has 0 aliphatic heterocycles. The van der Waals surface area contributed by atoms with Gasteiger partial charge in [-0.05, 0) is 18.2 Å². The largest absolute Gasteiger partial charge is 0.481 e. The highest BCUT2D eigenvalue weighted by Gasteiger charge is 2.00. The first kappa shape index (κ1) is 10.9. The van der Waals surface area contributed by atoms with Crippen LogP contribution in [0.15, 0.2) is 18.2 Å². The summed E-state index contributed by atoms with van der Waals surface area (Å²) in [4.78, 5) is 20.4. The highest BCUT2D eigenvalue weighted by Crippen LogP contribution is 2.07. The Morgan fingerprint density at radius 2 is 2.27 bits per heavy atom. The van der Waals surface area contributed by atoms with Crippen molar-refractivity contribution >= 4 is 12.3 Å². The van der Waals surface area contributed by atoms with Crippen LogP contribution in [0.4, 0.5) is 4.39 Å². The SMILES string of the molecule is O=Cc1ccc(C#CCC(=O)O)cc1F. The summed E-state index contributed by atoms with van der Waals surface area (Å²) in [5.41, 5.74) is 0.304. The van der Waals surface area contributed by atoms with Gasteiger partial charge in [0.25, 0.3) is 0 Å². The summed E-state index contributed by atoms with van der Waals surface area (Å²) in [6.07, 6.45) is 0.112. The number of aldehydes is 1. The lowest BCUT2D eigenvalue weighted by Crippen LogP contribution is -1.91. The third-order valence-electron chi connectivity index (χ3n) is 1.60. The Morgan fingerprint density at radius 3 is 2.80 bits per heavy atom. The summed E-state index contributed by atoms with van der Waals surface area (Å²) in [5.74, 6) is 3.15. The number of carbonyl (C=O) groups is 2. The van der Waals surface area contributed by atoms with E-state index in [1.807, 2.05) is 0 Å². The second-order valence-corrected chi connectivity index (χ2v) is 2.73. The number of carboxylic acid groups (broad SMARTS) is 1. The minimum absolute atomic E-state index is 0.0428. The molecule has 76 valence electrons. The monoisotopic (exact) mass is 206 g/mol. The zero-order valence-electron chi connectivity index (χ0n) is 7.66. The summed E-state index contributed by atoms with van der Waals surface area (Å²) in [7, 11) is 0. The Hall–Kier alpha value is -2.15. The molecule has 15 heavy (non-hydrogen) atoms. The summed E-state index contributed by atoms with van der Waals surface area (Å²) < 4.78 is 13.0. The van der Waals surface area contributed by atoms with Crippen molar-refractivity contribution in [3.05, 3.63) is 35.1 Å². The fraction of sp³-hybridized carbons (Fsp3) is 0.0909. The van der Waals surface area contributed by atoms with Crippen molar-refractivity contribution in [2.75, 3.05) is 0 Å². The molecule has 0 saturated carbocycles. The number of carbonyl (C=O) groups excluding carboxylic acids is 1. The van der Waals surface area contributed by atoms with Crippen LogP contribution >= 0.6 is 0 Å². The van der Waals surface area contributed by atoms with Gasteiger partial charge in [-0.2, -0.15) is 0 Å². The molecule has 0 aliphatic rings. The van der Waals surface area contributed by atoms with Crippen molar-refractivity contribution in [1.82, 2.24) is 0 Å². The molecule has 0 aliphatic carbocycles. The van der Waals surface area contributed by atoms with Gasteiger partial charge in [-0.25, -0.2) is 4.39 Å². The van der Waals surface area contributed by atoms with Crippen LogP contribution in [0.2, 0.25) is 0 Å². The maximum Gasteiger partial charge on any atom is 0.315 e. The number of halogens is 1. The Labute approximate surface area is 85.5 Å². The highest BCUT2D eigenvalue weighted by atomic mass is 19.1. The smallest absolute Gasteiger partial charge is 0.315 e. The van der Waals surface area contributed by atoms with Crippen LogP contribution < -0.4 is 0 Å². The van der Waals surface area contributed by atoms with Gasteiger partial charge in [-0.3, -0.25) is 9.59 Å². The fourth-order valence-corrected chi connectivity index (χ4v) is 0.922. The molecule has 0 bridgehead atoms. The van der Waals surface area contributed by atoms with E-state index in [9.17, 15) is 14.0 Å². The van der Waals surface area contributed by atoms with Crippen molar-refractivity contribution in [2.24, 2.45) is 0 Å². The van der Waals surface area contributed by atoms with E-state index in [-0.39, 0.29) is 12.0 Å². The molecular formula is C11H7FO3. The molecule has 0 unspecified atom stereocenters. The van der Waals surface area contributed by atoms with Gasteiger partial charge in [0.1, 0.15) is 12.2 Å². The standard InChI is InChI=1S/C11H7FO3/c12-10-6-8(2-1-3-11(14)15)4-5-9(10)7-13/h4-7H,3H2,(H,14,15). The molecule has 1 aromatic rings. The number of hydrogen-bond acceptors (Lipinski definition) is 2. The van der Waals surface area contributed by atoms with Crippen LogP contribution in [0, 0.1) is 17.7 Å². The number of carboxylic acids is 1. The molecule has 1 aromatic carbocycles. The fourth-order valence-electron chi connectivity index (χ4n) is 0.922. The third kappa shape index (κ3) is 3.24. The molecule has 0 spiro atoms. The van der Waals surface area contributed by atoms with E-state index in [0.717, 1.165) is 6.07 Å². The predicted octanol–water partition coefficient (Wildman–Crippen LogP) is 1.46. The highest BCUT2D eigenvalue weighted by molar-refractivity contribution is 5.75. The van der Waals surface area contributed by atoms with E-state index in [2.05, 4.69) is 11.8 Å². The van der Waals surface area contributed by atoms with Crippen molar-refractivity contribution in [3.63, 3.8) is 0 Å². The number of rotatable bonds is 2. The summed E-state index contributed by atoms with van der Waals surface area (Å²) in [6, 6.07) is 3.85. The lowest BCUT2D eigenvalue weighted by molar-refractivity contribution is -0.135. The molecule has 0 atom stereocenters. The molecule has 0 saturated heterocycles. The van der Waals surface area contributed by atoms with Gasteiger partial charge in [0, 0.05) is 5.56 Å². The number of aliphatic carboxylic acids is 1. The second kappa shape index (κ2) is 4.91. The first-order valence-corrected chi connectivity index (χ1v) is 4.09. The molecule has 0 fully saturated rings. The van der Waals surface area contributed by atoms with Crippen LogP contribution in [0.25, 0.3) is 0 Å². The topological polar surface area (TPSA) is 54.4 Å². The minimum Gasteiger partial charge on any atom is -0.481 e. The molecule has 4 heteroatoms. The van der Waals surface area contributed by atoms with Gasteiger partial charge >= 0.3 is 5.97 Å². The van der Waals surface area contributed by atoms with Gasteiger partial charge in [0.2, 0.25) is 0 Å². The third-order valence-corrected chi connectivity index (χ3v) is 1.60. The molecule has 0 radical (unpaired) electrons. The quantitative estimate of drug-likeness (QED) is 0.588. The van der Waals surface area contributed by atoms with Gasteiger partial charge in [-0.1, -0.05) is 11.8 Å². The number of hydrogen-bond donors (Lipinski definition) is 1. The second-order valence-electron chi connectivity index (χ2n) is 2.73. The molecular weight excluding hydrogens is 199 g/mol. The minimum atomic E-state index is -1.03. The molecule has 3 nitrogen and oxygen atoms in total. The average Bonchev–Trinajstić information content (AvgIpc) is 2.17. The van der Waals surface area contributed by atoms with E-state index < -0.39 is 11.8 Å². The van der Waals surface area contributed by atoms with Crippen LogP contribution in [0.5, 0.6) is 0 Å². The summed E-state index contributed by atoms with van der Waals surface area (Å²) in [6.45, 7) is 0. The lowest BCUT2D eigenvalue weighted by atomic mass is 10.1. The van der Waals surface area contributed by atoms with E-state index in [0.29, 0.717) is 11.8 Å². The molecule has 0 aromatic heterocycles. The zero-order valence-corrected chi connectivity index (χ0v) is 7.66.